The van der Waals surface area contributed by atoms with Gasteiger partial charge in [-0.3, -0.25) is 4.79 Å². The van der Waals surface area contributed by atoms with E-state index in [9.17, 15) is 14.9 Å². The number of anilines is 1. The second-order valence-corrected chi connectivity index (χ2v) is 5.93. The van der Waals surface area contributed by atoms with Crippen LogP contribution >= 0.6 is 0 Å². The van der Waals surface area contributed by atoms with Gasteiger partial charge >= 0.3 is 5.97 Å². The molecule has 0 unspecified atom stereocenters. The van der Waals surface area contributed by atoms with Gasteiger partial charge in [0.1, 0.15) is 5.75 Å². The number of esters is 1. The number of carbonyl (C=O) groups excluding carboxylic acids is 2. The SMILES string of the molecule is N#CC1(C(=O)Oc2ccc(N3CCCC3=O)cc2)CCCC1. The predicted molar refractivity (Wildman–Crippen MR) is 80.2 cm³/mol. The number of rotatable bonds is 3. The van der Waals surface area contributed by atoms with Crippen LogP contribution in [0.2, 0.25) is 0 Å². The summed E-state index contributed by atoms with van der Waals surface area (Å²) in [6.45, 7) is 0.732. The Bertz CT molecular complexity index is 624. The highest BCUT2D eigenvalue weighted by atomic mass is 16.5. The Morgan fingerprint density at radius 2 is 1.86 bits per heavy atom. The fourth-order valence-electron chi connectivity index (χ4n) is 3.16. The van der Waals surface area contributed by atoms with Crippen LogP contribution in [0.5, 0.6) is 5.75 Å². The quantitative estimate of drug-likeness (QED) is 0.635. The van der Waals surface area contributed by atoms with E-state index < -0.39 is 11.4 Å². The van der Waals surface area contributed by atoms with Crippen LogP contribution in [0.3, 0.4) is 0 Å². The molecule has 2 aliphatic rings. The zero-order chi connectivity index (χ0) is 15.6. The summed E-state index contributed by atoms with van der Waals surface area (Å²) in [5.41, 5.74) is -0.165. The number of hydrogen-bond acceptors (Lipinski definition) is 4. The lowest BCUT2D eigenvalue weighted by molar-refractivity contribution is -0.142. The monoisotopic (exact) mass is 298 g/mol. The van der Waals surface area contributed by atoms with Gasteiger partial charge in [-0.1, -0.05) is 12.8 Å². The van der Waals surface area contributed by atoms with Crippen molar-refractivity contribution in [1.82, 2.24) is 0 Å². The van der Waals surface area contributed by atoms with E-state index in [0.29, 0.717) is 25.0 Å². The fraction of sp³-hybridized carbons (Fsp3) is 0.471. The molecule has 114 valence electrons. The molecule has 1 aromatic rings. The van der Waals surface area contributed by atoms with Gasteiger partial charge in [-0.25, -0.2) is 4.79 Å². The molecule has 22 heavy (non-hydrogen) atoms. The van der Waals surface area contributed by atoms with Crippen molar-refractivity contribution in [2.45, 2.75) is 38.5 Å². The summed E-state index contributed by atoms with van der Waals surface area (Å²) in [5, 5.41) is 9.29. The zero-order valence-electron chi connectivity index (χ0n) is 12.4. The molecule has 1 aliphatic carbocycles. The molecule has 0 radical (unpaired) electrons. The van der Waals surface area contributed by atoms with Gasteiger partial charge in [0.05, 0.1) is 6.07 Å². The molecule has 2 fully saturated rings. The Morgan fingerprint density at radius 1 is 1.18 bits per heavy atom. The first-order valence-corrected chi connectivity index (χ1v) is 7.69. The topological polar surface area (TPSA) is 70.4 Å². The molecule has 5 nitrogen and oxygen atoms in total. The maximum absolute atomic E-state index is 12.3. The van der Waals surface area contributed by atoms with Crippen molar-refractivity contribution in [3.05, 3.63) is 24.3 Å². The molecule has 1 heterocycles. The summed E-state index contributed by atoms with van der Waals surface area (Å²) in [4.78, 5) is 25.7. The summed E-state index contributed by atoms with van der Waals surface area (Å²) in [6.07, 6.45) is 4.38. The lowest BCUT2D eigenvalue weighted by Gasteiger charge is -2.19. The minimum absolute atomic E-state index is 0.124. The standard InChI is InChI=1S/C17H18N2O3/c18-12-17(9-1-2-10-17)16(21)22-14-7-5-13(6-8-14)19-11-3-4-15(19)20/h5-8H,1-4,9-11H2. The first-order chi connectivity index (χ1) is 10.6. The van der Waals surface area contributed by atoms with Crippen LogP contribution in [0, 0.1) is 16.7 Å². The normalized spacial score (nSPS) is 20.0. The molecular formula is C17H18N2O3. The maximum atomic E-state index is 12.3. The number of ether oxygens (including phenoxy) is 1. The smallest absolute Gasteiger partial charge is 0.331 e. The van der Waals surface area contributed by atoms with Crippen molar-refractivity contribution in [3.8, 4) is 11.8 Å². The van der Waals surface area contributed by atoms with Crippen molar-refractivity contribution in [2.75, 3.05) is 11.4 Å². The summed E-state index contributed by atoms with van der Waals surface area (Å²) in [5.74, 6) is 0.0820. The van der Waals surface area contributed by atoms with E-state index in [1.54, 1.807) is 29.2 Å². The van der Waals surface area contributed by atoms with E-state index in [2.05, 4.69) is 6.07 Å². The van der Waals surface area contributed by atoms with Crippen LogP contribution in [0.4, 0.5) is 5.69 Å². The molecule has 1 amide bonds. The highest BCUT2D eigenvalue weighted by molar-refractivity contribution is 5.95. The molecule has 1 aliphatic heterocycles. The molecule has 1 saturated heterocycles. The Hall–Kier alpha value is -2.35. The number of nitrogens with zero attached hydrogens (tertiary/aromatic N) is 2. The lowest BCUT2D eigenvalue weighted by atomic mass is 9.88. The average Bonchev–Trinajstić information content (AvgIpc) is 3.17. The van der Waals surface area contributed by atoms with Crippen molar-refractivity contribution >= 4 is 17.6 Å². The Morgan fingerprint density at radius 3 is 2.41 bits per heavy atom. The first kappa shape index (κ1) is 14.6. The zero-order valence-corrected chi connectivity index (χ0v) is 12.4. The van der Waals surface area contributed by atoms with Gasteiger partial charge in [0.25, 0.3) is 0 Å². The number of nitriles is 1. The molecule has 0 aromatic heterocycles. The highest BCUT2D eigenvalue weighted by Gasteiger charge is 2.43. The molecule has 5 heteroatoms. The lowest BCUT2D eigenvalue weighted by Crippen LogP contribution is -2.30. The average molecular weight is 298 g/mol. The number of carbonyl (C=O) groups is 2. The number of amides is 1. The Labute approximate surface area is 129 Å². The molecule has 0 bridgehead atoms. The van der Waals surface area contributed by atoms with E-state index >= 15 is 0 Å². The third-order valence-electron chi connectivity index (χ3n) is 4.49. The van der Waals surface area contributed by atoms with Gasteiger partial charge < -0.3 is 9.64 Å². The van der Waals surface area contributed by atoms with Crippen LogP contribution < -0.4 is 9.64 Å². The van der Waals surface area contributed by atoms with E-state index in [1.165, 1.54) is 0 Å². The summed E-state index contributed by atoms with van der Waals surface area (Å²) in [6, 6.07) is 9.05. The predicted octanol–water partition coefficient (Wildman–Crippen LogP) is 2.80. The number of benzene rings is 1. The summed E-state index contributed by atoms with van der Waals surface area (Å²) in [7, 11) is 0. The maximum Gasteiger partial charge on any atom is 0.331 e. The third kappa shape index (κ3) is 2.57. The van der Waals surface area contributed by atoms with Gasteiger partial charge in [0.2, 0.25) is 5.91 Å². The van der Waals surface area contributed by atoms with Gasteiger partial charge in [-0.2, -0.15) is 5.26 Å². The minimum atomic E-state index is -0.983. The summed E-state index contributed by atoms with van der Waals surface area (Å²) < 4.78 is 5.37. The third-order valence-corrected chi connectivity index (χ3v) is 4.49. The van der Waals surface area contributed by atoms with Gasteiger partial charge in [-0.05, 0) is 43.5 Å². The Kier molecular flexibility index (Phi) is 3.84. The largest absolute Gasteiger partial charge is 0.425 e. The molecule has 0 spiro atoms. The van der Waals surface area contributed by atoms with Gasteiger partial charge in [-0.15, -0.1) is 0 Å². The highest BCUT2D eigenvalue weighted by Crippen LogP contribution is 2.39. The molecule has 0 atom stereocenters. The molecule has 0 N–H and O–H groups in total. The summed E-state index contributed by atoms with van der Waals surface area (Å²) >= 11 is 0. The number of hydrogen-bond donors (Lipinski definition) is 0. The Balaban J connectivity index is 1.70. The molecular weight excluding hydrogens is 280 g/mol. The van der Waals surface area contributed by atoms with Crippen molar-refractivity contribution in [1.29, 1.82) is 5.26 Å². The van der Waals surface area contributed by atoms with Crippen molar-refractivity contribution < 1.29 is 14.3 Å². The van der Waals surface area contributed by atoms with Gasteiger partial charge in [0, 0.05) is 18.7 Å². The molecule has 1 aromatic carbocycles. The first-order valence-electron chi connectivity index (χ1n) is 7.69. The van der Waals surface area contributed by atoms with E-state index in [4.69, 9.17) is 4.74 Å². The van der Waals surface area contributed by atoms with E-state index in [-0.39, 0.29) is 5.91 Å². The van der Waals surface area contributed by atoms with Gasteiger partial charge in [0.15, 0.2) is 5.41 Å². The van der Waals surface area contributed by atoms with E-state index in [1.807, 2.05) is 0 Å². The van der Waals surface area contributed by atoms with Crippen molar-refractivity contribution in [3.63, 3.8) is 0 Å². The fourth-order valence-corrected chi connectivity index (χ4v) is 3.16. The second kappa shape index (κ2) is 5.80. The van der Waals surface area contributed by atoms with Crippen molar-refractivity contribution in [2.24, 2.45) is 5.41 Å². The molecule has 3 rings (SSSR count). The second-order valence-electron chi connectivity index (χ2n) is 5.93. The van der Waals surface area contributed by atoms with E-state index in [0.717, 1.165) is 31.5 Å². The van der Waals surface area contributed by atoms with Crippen LogP contribution in [0.25, 0.3) is 0 Å². The van der Waals surface area contributed by atoms with Crippen LogP contribution in [-0.2, 0) is 9.59 Å². The van der Waals surface area contributed by atoms with Crippen LogP contribution in [0.15, 0.2) is 24.3 Å². The minimum Gasteiger partial charge on any atom is -0.425 e. The van der Waals surface area contributed by atoms with Crippen LogP contribution in [0.1, 0.15) is 38.5 Å². The van der Waals surface area contributed by atoms with Crippen LogP contribution in [-0.4, -0.2) is 18.4 Å². The molecule has 1 saturated carbocycles.